The Morgan fingerprint density at radius 1 is 1.33 bits per heavy atom. The van der Waals surface area contributed by atoms with E-state index in [2.05, 4.69) is 6.92 Å². The van der Waals surface area contributed by atoms with Crippen molar-refractivity contribution in [3.63, 3.8) is 0 Å². The van der Waals surface area contributed by atoms with E-state index in [1.54, 1.807) is 0 Å². The third-order valence-corrected chi connectivity index (χ3v) is 4.18. The molecule has 1 amide bonds. The molecule has 3 rings (SSSR count). The minimum Gasteiger partial charge on any atom is -0.444 e. The Balaban J connectivity index is 1.71. The number of ether oxygens (including phenoxy) is 1. The number of carbonyl (C=O) groups is 2. The lowest BCUT2D eigenvalue weighted by molar-refractivity contribution is -0.116. The maximum atomic E-state index is 12.3. The van der Waals surface area contributed by atoms with Gasteiger partial charge in [0.1, 0.15) is 6.61 Å². The van der Waals surface area contributed by atoms with Crippen molar-refractivity contribution in [1.82, 2.24) is 4.90 Å². The second-order valence-corrected chi connectivity index (χ2v) is 5.70. The van der Waals surface area contributed by atoms with Gasteiger partial charge >= 0.3 is 6.09 Å². The van der Waals surface area contributed by atoms with Crippen molar-refractivity contribution in [2.24, 2.45) is 5.92 Å². The fourth-order valence-corrected chi connectivity index (χ4v) is 3.12. The molecular formula is C17H19NO3. The Morgan fingerprint density at radius 3 is 2.86 bits per heavy atom. The van der Waals surface area contributed by atoms with E-state index >= 15 is 0 Å². The van der Waals surface area contributed by atoms with Crippen LogP contribution in [0.2, 0.25) is 0 Å². The van der Waals surface area contributed by atoms with Crippen molar-refractivity contribution in [3.8, 4) is 0 Å². The van der Waals surface area contributed by atoms with E-state index in [0.29, 0.717) is 18.7 Å². The molecule has 0 saturated heterocycles. The highest BCUT2D eigenvalue weighted by Gasteiger charge is 2.37. The van der Waals surface area contributed by atoms with Crippen molar-refractivity contribution >= 4 is 11.9 Å². The summed E-state index contributed by atoms with van der Waals surface area (Å²) in [5.74, 6) is 0.339. The van der Waals surface area contributed by atoms with E-state index in [4.69, 9.17) is 4.74 Å². The Kier molecular flexibility index (Phi) is 3.78. The molecule has 0 aromatic heterocycles. The van der Waals surface area contributed by atoms with Gasteiger partial charge in [0.05, 0.1) is 5.70 Å². The van der Waals surface area contributed by atoms with Crippen molar-refractivity contribution < 1.29 is 14.3 Å². The van der Waals surface area contributed by atoms with Crippen LogP contribution in [0.5, 0.6) is 0 Å². The Morgan fingerprint density at radius 2 is 2.10 bits per heavy atom. The van der Waals surface area contributed by atoms with E-state index in [1.807, 2.05) is 30.3 Å². The van der Waals surface area contributed by atoms with E-state index in [0.717, 1.165) is 24.0 Å². The SMILES string of the molecule is CC1CC(=O)C2=C1CCCN2C(=O)OCc1ccccc1. The fraction of sp³-hybridized carbons (Fsp3) is 0.412. The van der Waals surface area contributed by atoms with Crippen molar-refractivity contribution in [3.05, 3.63) is 47.2 Å². The molecule has 110 valence electrons. The topological polar surface area (TPSA) is 46.6 Å². The molecule has 0 radical (unpaired) electrons. The molecule has 1 aliphatic carbocycles. The average molecular weight is 285 g/mol. The van der Waals surface area contributed by atoms with E-state index < -0.39 is 6.09 Å². The van der Waals surface area contributed by atoms with Gasteiger partial charge in [-0.15, -0.1) is 0 Å². The first-order valence-electron chi connectivity index (χ1n) is 7.41. The van der Waals surface area contributed by atoms with Crippen LogP contribution in [-0.4, -0.2) is 23.3 Å². The average Bonchev–Trinajstić information content (AvgIpc) is 2.81. The maximum Gasteiger partial charge on any atom is 0.414 e. The van der Waals surface area contributed by atoms with E-state index in [1.165, 1.54) is 4.90 Å². The number of rotatable bonds is 2. The molecule has 0 bridgehead atoms. The lowest BCUT2D eigenvalue weighted by Gasteiger charge is -2.28. The van der Waals surface area contributed by atoms with Crippen LogP contribution in [0.25, 0.3) is 0 Å². The minimum atomic E-state index is -0.409. The Hall–Kier alpha value is -2.10. The largest absolute Gasteiger partial charge is 0.444 e. The predicted molar refractivity (Wildman–Crippen MR) is 78.4 cm³/mol. The van der Waals surface area contributed by atoms with Crippen molar-refractivity contribution in [2.45, 2.75) is 32.8 Å². The number of ketones is 1. The molecular weight excluding hydrogens is 266 g/mol. The van der Waals surface area contributed by atoms with Crippen LogP contribution in [0.15, 0.2) is 41.6 Å². The summed E-state index contributed by atoms with van der Waals surface area (Å²) >= 11 is 0. The smallest absolute Gasteiger partial charge is 0.414 e. The third-order valence-electron chi connectivity index (χ3n) is 4.18. The summed E-state index contributed by atoms with van der Waals surface area (Å²) in [6.45, 7) is 2.87. The first-order chi connectivity index (χ1) is 10.2. The summed E-state index contributed by atoms with van der Waals surface area (Å²) in [5, 5.41) is 0. The van der Waals surface area contributed by atoms with Gasteiger partial charge in [-0.1, -0.05) is 37.3 Å². The number of hydrogen-bond acceptors (Lipinski definition) is 3. The second kappa shape index (κ2) is 5.72. The van der Waals surface area contributed by atoms with Crippen LogP contribution in [0.3, 0.4) is 0 Å². The zero-order valence-corrected chi connectivity index (χ0v) is 12.2. The second-order valence-electron chi connectivity index (χ2n) is 5.70. The molecule has 4 nitrogen and oxygen atoms in total. The number of hydrogen-bond donors (Lipinski definition) is 0. The normalized spacial score (nSPS) is 21.5. The van der Waals surface area contributed by atoms with Gasteiger partial charge in [-0.25, -0.2) is 4.79 Å². The van der Waals surface area contributed by atoms with Crippen LogP contribution in [0.1, 0.15) is 31.7 Å². The van der Waals surface area contributed by atoms with Crippen LogP contribution in [0.4, 0.5) is 4.79 Å². The van der Waals surface area contributed by atoms with E-state index in [9.17, 15) is 9.59 Å². The number of Topliss-reactive ketones (excluding diaryl/α,β-unsaturated/α-hetero) is 1. The Labute approximate surface area is 124 Å². The number of benzene rings is 1. The van der Waals surface area contributed by atoms with Crippen LogP contribution in [0, 0.1) is 5.92 Å². The third kappa shape index (κ3) is 2.71. The molecule has 1 aromatic rings. The summed E-state index contributed by atoms with van der Waals surface area (Å²) in [5.41, 5.74) is 2.68. The van der Waals surface area contributed by atoms with Gasteiger partial charge in [-0.2, -0.15) is 0 Å². The van der Waals surface area contributed by atoms with Gasteiger partial charge in [0.25, 0.3) is 0 Å². The molecule has 2 aliphatic rings. The first kappa shape index (κ1) is 13.9. The van der Waals surface area contributed by atoms with Gasteiger partial charge in [-0.05, 0) is 29.9 Å². The molecule has 0 fully saturated rings. The number of carbonyl (C=O) groups excluding carboxylic acids is 2. The molecule has 1 unspecified atom stereocenters. The van der Waals surface area contributed by atoms with E-state index in [-0.39, 0.29) is 18.3 Å². The van der Waals surface area contributed by atoms with Gasteiger partial charge in [-0.3, -0.25) is 9.69 Å². The quantitative estimate of drug-likeness (QED) is 0.837. The van der Waals surface area contributed by atoms with Crippen LogP contribution >= 0.6 is 0 Å². The first-order valence-corrected chi connectivity index (χ1v) is 7.41. The van der Waals surface area contributed by atoms with Gasteiger partial charge in [0, 0.05) is 13.0 Å². The Bertz CT molecular complexity index is 591. The molecule has 1 atom stereocenters. The predicted octanol–water partition coefficient (Wildman–Crippen LogP) is 3.28. The highest BCUT2D eigenvalue weighted by molar-refractivity contribution is 6.01. The minimum absolute atomic E-state index is 0.0776. The maximum absolute atomic E-state index is 12.3. The molecule has 21 heavy (non-hydrogen) atoms. The fourth-order valence-electron chi connectivity index (χ4n) is 3.12. The molecule has 0 N–H and O–H groups in total. The van der Waals surface area contributed by atoms with Gasteiger partial charge < -0.3 is 4.74 Å². The summed E-state index contributed by atoms with van der Waals surface area (Å²) in [6.07, 6.45) is 1.93. The zero-order chi connectivity index (χ0) is 14.8. The highest BCUT2D eigenvalue weighted by atomic mass is 16.6. The lowest BCUT2D eigenvalue weighted by atomic mass is 9.97. The van der Waals surface area contributed by atoms with Gasteiger partial charge in [0.15, 0.2) is 5.78 Å². The lowest BCUT2D eigenvalue weighted by Crippen LogP contribution is -2.36. The molecule has 4 heteroatoms. The zero-order valence-electron chi connectivity index (χ0n) is 12.2. The monoisotopic (exact) mass is 285 g/mol. The number of nitrogens with zero attached hydrogens (tertiary/aromatic N) is 1. The molecule has 1 aliphatic heterocycles. The standard InChI is InChI=1S/C17H19NO3/c1-12-10-15(19)16-14(12)8-5-9-18(16)17(20)21-11-13-6-3-2-4-7-13/h2-4,6-7,12H,5,8-11H2,1H3. The summed E-state index contributed by atoms with van der Waals surface area (Å²) < 4.78 is 5.36. The highest BCUT2D eigenvalue weighted by Crippen LogP contribution is 2.37. The molecule has 0 spiro atoms. The number of allylic oxidation sites excluding steroid dienone is 2. The molecule has 0 saturated carbocycles. The summed E-state index contributed by atoms with van der Waals surface area (Å²) in [7, 11) is 0. The summed E-state index contributed by atoms with van der Waals surface area (Å²) in [6, 6.07) is 9.57. The van der Waals surface area contributed by atoms with Crippen LogP contribution < -0.4 is 0 Å². The van der Waals surface area contributed by atoms with Crippen LogP contribution in [-0.2, 0) is 16.1 Å². The van der Waals surface area contributed by atoms with Crippen molar-refractivity contribution in [1.29, 1.82) is 0 Å². The molecule has 1 aromatic carbocycles. The molecule has 1 heterocycles. The summed E-state index contributed by atoms with van der Waals surface area (Å²) in [4.78, 5) is 25.9. The van der Waals surface area contributed by atoms with Crippen molar-refractivity contribution in [2.75, 3.05) is 6.54 Å². The number of amides is 1. The van der Waals surface area contributed by atoms with Gasteiger partial charge in [0.2, 0.25) is 0 Å².